The average Bonchev–Trinajstić information content (AvgIpc) is 2.68. The summed E-state index contributed by atoms with van der Waals surface area (Å²) in [4.78, 5) is 10.7. The summed E-state index contributed by atoms with van der Waals surface area (Å²) in [5.74, 6) is -1.09. The Labute approximate surface area is 86.9 Å². The first-order chi connectivity index (χ1) is 7.16. The molecule has 4 heteroatoms. The van der Waals surface area contributed by atoms with E-state index in [2.05, 4.69) is 5.32 Å². The summed E-state index contributed by atoms with van der Waals surface area (Å²) >= 11 is 0. The van der Waals surface area contributed by atoms with Crippen LogP contribution in [0.25, 0.3) is 0 Å². The number of carbonyl (C=O) groups is 1. The maximum absolute atomic E-state index is 12.7. The third kappa shape index (κ3) is 2.15. The van der Waals surface area contributed by atoms with E-state index in [1.54, 1.807) is 12.1 Å². The molecule has 0 aliphatic carbocycles. The first-order valence-corrected chi connectivity index (χ1v) is 4.91. The van der Waals surface area contributed by atoms with Crippen molar-refractivity contribution in [1.29, 1.82) is 0 Å². The van der Waals surface area contributed by atoms with Gasteiger partial charge in [0, 0.05) is 6.04 Å². The molecule has 0 amide bonds. The molecule has 1 heterocycles. The smallest absolute Gasteiger partial charge is 0.320 e. The van der Waals surface area contributed by atoms with Crippen molar-refractivity contribution in [2.45, 2.75) is 24.9 Å². The molecule has 2 atom stereocenters. The summed E-state index contributed by atoms with van der Waals surface area (Å²) in [6.45, 7) is 0. The number of hydrogen-bond donors (Lipinski definition) is 2. The molecule has 2 N–H and O–H groups in total. The molecule has 0 aromatic heterocycles. The number of carboxylic acids is 1. The van der Waals surface area contributed by atoms with E-state index in [4.69, 9.17) is 5.11 Å². The molecule has 1 aliphatic rings. The van der Waals surface area contributed by atoms with E-state index >= 15 is 0 Å². The van der Waals surface area contributed by atoms with Crippen LogP contribution in [0.2, 0.25) is 0 Å². The zero-order valence-corrected chi connectivity index (χ0v) is 8.11. The van der Waals surface area contributed by atoms with Crippen molar-refractivity contribution in [2.75, 3.05) is 0 Å². The predicted octanol–water partition coefficient (Wildman–Crippen LogP) is 1.70. The van der Waals surface area contributed by atoms with Crippen molar-refractivity contribution in [3.63, 3.8) is 0 Å². The van der Waals surface area contributed by atoms with Crippen LogP contribution in [0.3, 0.4) is 0 Å². The first-order valence-electron chi connectivity index (χ1n) is 4.91. The second-order valence-electron chi connectivity index (χ2n) is 3.74. The maximum Gasteiger partial charge on any atom is 0.320 e. The first kappa shape index (κ1) is 10.1. The molecule has 1 aromatic carbocycles. The molecular formula is C11H12FNO2. The van der Waals surface area contributed by atoms with Gasteiger partial charge >= 0.3 is 5.97 Å². The molecule has 1 aliphatic heterocycles. The number of aliphatic carboxylic acids is 1. The highest BCUT2D eigenvalue weighted by atomic mass is 19.1. The molecule has 3 nitrogen and oxygen atoms in total. The number of halogens is 1. The summed E-state index contributed by atoms with van der Waals surface area (Å²) in [6.07, 6.45) is 1.40. The van der Waals surface area contributed by atoms with Crippen LogP contribution in [0.4, 0.5) is 4.39 Å². The van der Waals surface area contributed by atoms with Gasteiger partial charge in [-0.25, -0.2) is 4.39 Å². The van der Waals surface area contributed by atoms with Gasteiger partial charge in [-0.15, -0.1) is 0 Å². The van der Waals surface area contributed by atoms with Gasteiger partial charge in [0.05, 0.1) is 0 Å². The minimum atomic E-state index is -0.820. The number of hydrogen-bond acceptors (Lipinski definition) is 2. The molecule has 1 saturated heterocycles. The van der Waals surface area contributed by atoms with Crippen molar-refractivity contribution >= 4 is 5.97 Å². The van der Waals surface area contributed by atoms with Crippen LogP contribution in [0.5, 0.6) is 0 Å². The Morgan fingerprint density at radius 3 is 2.53 bits per heavy atom. The van der Waals surface area contributed by atoms with Crippen molar-refractivity contribution in [1.82, 2.24) is 5.32 Å². The fourth-order valence-electron chi connectivity index (χ4n) is 1.90. The number of benzene rings is 1. The monoisotopic (exact) mass is 209 g/mol. The van der Waals surface area contributed by atoms with E-state index in [9.17, 15) is 9.18 Å². The molecule has 1 aromatic rings. The Morgan fingerprint density at radius 2 is 2.00 bits per heavy atom. The molecule has 80 valence electrons. The van der Waals surface area contributed by atoms with Gasteiger partial charge in [0.1, 0.15) is 11.9 Å². The molecule has 0 unspecified atom stereocenters. The summed E-state index contributed by atoms with van der Waals surface area (Å²) < 4.78 is 12.7. The van der Waals surface area contributed by atoms with E-state index < -0.39 is 12.0 Å². The van der Waals surface area contributed by atoms with Crippen LogP contribution < -0.4 is 5.32 Å². The van der Waals surface area contributed by atoms with Crippen molar-refractivity contribution in [3.05, 3.63) is 35.6 Å². The second-order valence-corrected chi connectivity index (χ2v) is 3.74. The van der Waals surface area contributed by atoms with Gasteiger partial charge in [-0.1, -0.05) is 12.1 Å². The van der Waals surface area contributed by atoms with Gasteiger partial charge in [-0.3, -0.25) is 10.1 Å². The largest absolute Gasteiger partial charge is 0.480 e. The van der Waals surface area contributed by atoms with E-state index in [1.165, 1.54) is 12.1 Å². The van der Waals surface area contributed by atoms with Gasteiger partial charge in [-0.05, 0) is 30.5 Å². The van der Waals surface area contributed by atoms with E-state index in [-0.39, 0.29) is 11.9 Å². The topological polar surface area (TPSA) is 49.3 Å². The molecule has 0 saturated carbocycles. The van der Waals surface area contributed by atoms with Gasteiger partial charge in [0.2, 0.25) is 0 Å². The van der Waals surface area contributed by atoms with Crippen LogP contribution in [0.15, 0.2) is 24.3 Å². The van der Waals surface area contributed by atoms with Crippen LogP contribution in [0, 0.1) is 5.82 Å². The Bertz CT molecular complexity index is 363. The summed E-state index contributed by atoms with van der Waals surface area (Å²) in [6, 6.07) is 5.73. The fourth-order valence-corrected chi connectivity index (χ4v) is 1.90. The molecule has 15 heavy (non-hydrogen) atoms. The summed E-state index contributed by atoms with van der Waals surface area (Å²) in [7, 11) is 0. The lowest BCUT2D eigenvalue weighted by Crippen LogP contribution is -2.31. The highest BCUT2D eigenvalue weighted by molar-refractivity contribution is 5.73. The summed E-state index contributed by atoms with van der Waals surface area (Å²) in [5.41, 5.74) is 0.945. The van der Waals surface area contributed by atoms with Crippen LogP contribution in [-0.2, 0) is 4.79 Å². The minimum Gasteiger partial charge on any atom is -0.480 e. The van der Waals surface area contributed by atoms with Crippen LogP contribution >= 0.6 is 0 Å². The molecule has 1 fully saturated rings. The lowest BCUT2D eigenvalue weighted by Gasteiger charge is -2.11. The highest BCUT2D eigenvalue weighted by Crippen LogP contribution is 2.26. The van der Waals surface area contributed by atoms with E-state index in [0.717, 1.165) is 12.0 Å². The van der Waals surface area contributed by atoms with Crippen LogP contribution in [0.1, 0.15) is 24.4 Å². The molecule has 0 spiro atoms. The normalized spacial score (nSPS) is 25.4. The standard InChI is InChI=1S/C11H12FNO2/c12-8-3-1-7(2-4-8)9-5-6-10(13-9)11(14)15/h1-4,9-10,13H,5-6H2,(H,14,15)/t9-,10-/m1/s1. The average molecular weight is 209 g/mol. The third-order valence-corrected chi connectivity index (χ3v) is 2.72. The zero-order valence-electron chi connectivity index (χ0n) is 8.11. The Kier molecular flexibility index (Phi) is 2.68. The Balaban J connectivity index is 2.07. The van der Waals surface area contributed by atoms with Gasteiger partial charge in [0.25, 0.3) is 0 Å². The Hall–Kier alpha value is -1.42. The lowest BCUT2D eigenvalue weighted by atomic mass is 10.1. The minimum absolute atomic E-state index is 0.0340. The number of carboxylic acid groups (broad SMARTS) is 1. The molecule has 2 rings (SSSR count). The predicted molar refractivity (Wildman–Crippen MR) is 52.9 cm³/mol. The van der Waals surface area contributed by atoms with Crippen molar-refractivity contribution in [2.24, 2.45) is 0 Å². The summed E-state index contributed by atoms with van der Waals surface area (Å²) in [5, 5.41) is 11.8. The third-order valence-electron chi connectivity index (χ3n) is 2.72. The highest BCUT2D eigenvalue weighted by Gasteiger charge is 2.29. The van der Waals surface area contributed by atoms with E-state index in [1.807, 2.05) is 0 Å². The number of rotatable bonds is 2. The number of nitrogens with one attached hydrogen (secondary N) is 1. The zero-order chi connectivity index (χ0) is 10.8. The fraction of sp³-hybridized carbons (Fsp3) is 0.364. The molecule has 0 radical (unpaired) electrons. The van der Waals surface area contributed by atoms with Crippen molar-refractivity contribution in [3.8, 4) is 0 Å². The lowest BCUT2D eigenvalue weighted by molar-refractivity contribution is -0.139. The maximum atomic E-state index is 12.7. The van der Waals surface area contributed by atoms with Crippen molar-refractivity contribution < 1.29 is 14.3 Å². The molecular weight excluding hydrogens is 197 g/mol. The quantitative estimate of drug-likeness (QED) is 0.779. The van der Waals surface area contributed by atoms with Gasteiger partial charge < -0.3 is 5.11 Å². The van der Waals surface area contributed by atoms with Crippen LogP contribution in [-0.4, -0.2) is 17.1 Å². The van der Waals surface area contributed by atoms with Gasteiger partial charge in [-0.2, -0.15) is 0 Å². The SMILES string of the molecule is O=C(O)[C@H]1CC[C@H](c2ccc(F)cc2)N1. The van der Waals surface area contributed by atoms with Gasteiger partial charge in [0.15, 0.2) is 0 Å². The van der Waals surface area contributed by atoms with E-state index in [0.29, 0.717) is 6.42 Å². The Morgan fingerprint density at radius 1 is 1.33 bits per heavy atom. The molecule has 0 bridgehead atoms. The second kappa shape index (κ2) is 3.98.